The minimum Gasteiger partial charge on any atom is -0.356 e. The van der Waals surface area contributed by atoms with E-state index in [9.17, 15) is 4.79 Å². The fourth-order valence-electron chi connectivity index (χ4n) is 2.52. The zero-order chi connectivity index (χ0) is 20.6. The van der Waals surface area contributed by atoms with Gasteiger partial charge in [0.2, 0.25) is 0 Å². The zero-order valence-corrected chi connectivity index (χ0v) is 17.6. The minimum atomic E-state index is -0.267. The van der Waals surface area contributed by atoms with Gasteiger partial charge in [-0.15, -0.1) is 0 Å². The molecule has 3 N–H and O–H groups in total. The van der Waals surface area contributed by atoms with Crippen LogP contribution in [0.25, 0.3) is 0 Å². The monoisotopic (exact) mass is 401 g/mol. The molecule has 0 aliphatic heterocycles. The third-order valence-corrected chi connectivity index (χ3v) is 4.08. The maximum Gasteiger partial charge on any atom is 0.251 e. The summed E-state index contributed by atoms with van der Waals surface area (Å²) in [5, 5.41) is 10.0. The van der Waals surface area contributed by atoms with Crippen molar-refractivity contribution in [1.82, 2.24) is 20.9 Å². The van der Waals surface area contributed by atoms with Gasteiger partial charge in [0.15, 0.2) is 5.96 Å². The van der Waals surface area contributed by atoms with Crippen LogP contribution in [-0.4, -0.2) is 36.0 Å². The van der Waals surface area contributed by atoms with E-state index >= 15 is 0 Å². The Morgan fingerprint density at radius 2 is 1.93 bits per heavy atom. The van der Waals surface area contributed by atoms with Gasteiger partial charge < -0.3 is 16.0 Å². The first-order valence-electron chi connectivity index (χ1n) is 9.23. The molecule has 0 atom stereocenters. The average Bonchev–Trinajstić information content (AvgIpc) is 2.65. The van der Waals surface area contributed by atoms with E-state index in [4.69, 9.17) is 11.6 Å². The Kier molecular flexibility index (Phi) is 7.81. The minimum absolute atomic E-state index is 0.0755. The van der Waals surface area contributed by atoms with E-state index in [0.717, 1.165) is 24.1 Å². The number of amides is 1. The Morgan fingerprint density at radius 1 is 1.14 bits per heavy atom. The number of rotatable bonds is 6. The molecule has 0 bridgehead atoms. The molecule has 0 aliphatic rings. The lowest BCUT2D eigenvalue weighted by molar-refractivity contribution is 0.0919. The highest BCUT2D eigenvalue weighted by atomic mass is 35.5. The predicted molar refractivity (Wildman–Crippen MR) is 115 cm³/mol. The molecule has 0 spiro atoms. The predicted octanol–water partition coefficient (Wildman–Crippen LogP) is 3.17. The molecule has 6 nitrogen and oxygen atoms in total. The van der Waals surface area contributed by atoms with Gasteiger partial charge in [-0.2, -0.15) is 0 Å². The average molecular weight is 402 g/mol. The molecule has 2 rings (SSSR count). The molecule has 0 fully saturated rings. The van der Waals surface area contributed by atoms with Crippen LogP contribution >= 0.6 is 11.6 Å². The highest BCUT2D eigenvalue weighted by molar-refractivity contribution is 6.29. The molecule has 150 valence electrons. The van der Waals surface area contributed by atoms with E-state index in [1.807, 2.05) is 51.1 Å². The maximum absolute atomic E-state index is 12.3. The van der Waals surface area contributed by atoms with Gasteiger partial charge in [-0.3, -0.25) is 9.79 Å². The van der Waals surface area contributed by atoms with Crippen molar-refractivity contribution in [2.45, 2.75) is 39.3 Å². The van der Waals surface area contributed by atoms with Crippen LogP contribution in [0.4, 0.5) is 0 Å². The standard InChI is InChI=1S/C21H28ClN5O/c1-21(2,3)27-19(28)17-7-5-6-16(12-17)14-26-20(23-4)24-11-10-15-8-9-18(22)25-13-15/h5-9,12-13H,10-11,14H2,1-4H3,(H,27,28)(H2,23,24,26). The first-order valence-corrected chi connectivity index (χ1v) is 9.61. The van der Waals surface area contributed by atoms with Crippen LogP contribution in [0.15, 0.2) is 47.6 Å². The molecule has 0 aliphatic carbocycles. The lowest BCUT2D eigenvalue weighted by Gasteiger charge is -2.20. The van der Waals surface area contributed by atoms with Crippen LogP contribution in [0, 0.1) is 0 Å². The molecule has 0 radical (unpaired) electrons. The Labute approximate surface area is 171 Å². The zero-order valence-electron chi connectivity index (χ0n) is 16.8. The van der Waals surface area contributed by atoms with Gasteiger partial charge in [-0.25, -0.2) is 4.98 Å². The molecule has 1 heterocycles. The van der Waals surface area contributed by atoms with Gasteiger partial charge in [0.1, 0.15) is 5.15 Å². The molecule has 2 aromatic rings. The first kappa shape index (κ1) is 21.7. The number of guanidine groups is 1. The van der Waals surface area contributed by atoms with Gasteiger partial charge in [-0.05, 0) is 56.5 Å². The van der Waals surface area contributed by atoms with Gasteiger partial charge in [0.25, 0.3) is 5.91 Å². The Balaban J connectivity index is 1.85. The SMILES string of the molecule is CN=C(NCCc1ccc(Cl)nc1)NCc1cccc(C(=O)NC(C)(C)C)c1. The van der Waals surface area contributed by atoms with Crippen LogP contribution in [0.2, 0.25) is 5.15 Å². The van der Waals surface area contributed by atoms with E-state index in [2.05, 4.69) is 25.9 Å². The second kappa shape index (κ2) is 10.1. The van der Waals surface area contributed by atoms with Crippen molar-refractivity contribution in [3.8, 4) is 0 Å². The van der Waals surface area contributed by atoms with Gasteiger partial charge in [0.05, 0.1) is 0 Å². The first-order chi connectivity index (χ1) is 13.3. The fraction of sp³-hybridized carbons (Fsp3) is 0.381. The second-order valence-corrected chi connectivity index (χ2v) is 7.88. The van der Waals surface area contributed by atoms with Crippen molar-refractivity contribution in [3.05, 3.63) is 64.4 Å². The Hall–Kier alpha value is -2.60. The van der Waals surface area contributed by atoms with Crippen LogP contribution in [-0.2, 0) is 13.0 Å². The molecular formula is C21H28ClN5O. The number of nitrogens with zero attached hydrogens (tertiary/aromatic N) is 2. The second-order valence-electron chi connectivity index (χ2n) is 7.50. The normalized spacial score (nSPS) is 11.8. The molecule has 0 saturated heterocycles. The van der Waals surface area contributed by atoms with E-state index in [-0.39, 0.29) is 11.4 Å². The molecule has 1 aromatic heterocycles. The number of pyridine rings is 1. The summed E-state index contributed by atoms with van der Waals surface area (Å²) in [5.41, 5.74) is 2.49. The third-order valence-electron chi connectivity index (χ3n) is 3.86. The number of aliphatic imine (C=N–C) groups is 1. The van der Waals surface area contributed by atoms with Crippen molar-refractivity contribution in [3.63, 3.8) is 0 Å². The van der Waals surface area contributed by atoms with Crippen molar-refractivity contribution in [1.29, 1.82) is 0 Å². The summed E-state index contributed by atoms with van der Waals surface area (Å²) in [6.07, 6.45) is 2.58. The van der Waals surface area contributed by atoms with Crippen LogP contribution in [0.1, 0.15) is 42.3 Å². The summed E-state index contributed by atoms with van der Waals surface area (Å²) >= 11 is 5.80. The number of carbonyl (C=O) groups excluding carboxylic acids is 1. The summed E-state index contributed by atoms with van der Waals surface area (Å²) in [6, 6.07) is 11.3. The fourth-order valence-corrected chi connectivity index (χ4v) is 2.63. The molecule has 28 heavy (non-hydrogen) atoms. The van der Waals surface area contributed by atoms with Gasteiger partial charge in [-0.1, -0.05) is 29.8 Å². The number of hydrogen-bond acceptors (Lipinski definition) is 3. The number of halogens is 1. The van der Waals surface area contributed by atoms with Crippen molar-refractivity contribution >= 4 is 23.5 Å². The van der Waals surface area contributed by atoms with Crippen molar-refractivity contribution in [2.24, 2.45) is 4.99 Å². The van der Waals surface area contributed by atoms with Gasteiger partial charge >= 0.3 is 0 Å². The molecule has 1 aromatic carbocycles. The number of carbonyl (C=O) groups is 1. The molecular weight excluding hydrogens is 374 g/mol. The number of nitrogens with one attached hydrogen (secondary N) is 3. The smallest absolute Gasteiger partial charge is 0.251 e. The summed E-state index contributed by atoms with van der Waals surface area (Å²) in [5.74, 6) is 0.625. The largest absolute Gasteiger partial charge is 0.356 e. The number of hydrogen-bond donors (Lipinski definition) is 3. The molecule has 1 amide bonds. The molecule has 7 heteroatoms. The lowest BCUT2D eigenvalue weighted by Crippen LogP contribution is -2.40. The molecule has 0 saturated carbocycles. The number of aromatic nitrogens is 1. The van der Waals surface area contributed by atoms with Crippen LogP contribution in [0.3, 0.4) is 0 Å². The van der Waals surface area contributed by atoms with Gasteiger partial charge in [0, 0.05) is 37.4 Å². The topological polar surface area (TPSA) is 78.4 Å². The van der Waals surface area contributed by atoms with Crippen molar-refractivity contribution < 1.29 is 4.79 Å². The molecule has 0 unspecified atom stereocenters. The van der Waals surface area contributed by atoms with E-state index in [0.29, 0.717) is 23.2 Å². The van der Waals surface area contributed by atoms with E-state index in [1.165, 1.54) is 0 Å². The highest BCUT2D eigenvalue weighted by Crippen LogP contribution is 2.08. The van der Waals surface area contributed by atoms with Crippen LogP contribution < -0.4 is 16.0 Å². The number of benzene rings is 1. The van der Waals surface area contributed by atoms with E-state index < -0.39 is 0 Å². The van der Waals surface area contributed by atoms with Crippen molar-refractivity contribution in [2.75, 3.05) is 13.6 Å². The quantitative estimate of drug-likeness (QED) is 0.394. The highest BCUT2D eigenvalue weighted by Gasteiger charge is 2.15. The lowest BCUT2D eigenvalue weighted by atomic mass is 10.1. The summed E-state index contributed by atoms with van der Waals surface area (Å²) in [4.78, 5) is 20.6. The summed E-state index contributed by atoms with van der Waals surface area (Å²) in [7, 11) is 1.73. The summed E-state index contributed by atoms with van der Waals surface area (Å²) in [6.45, 7) is 7.18. The third kappa shape index (κ3) is 7.56. The maximum atomic E-state index is 12.3. The van der Waals surface area contributed by atoms with E-state index in [1.54, 1.807) is 19.3 Å². The summed E-state index contributed by atoms with van der Waals surface area (Å²) < 4.78 is 0. The Bertz CT molecular complexity index is 812. The van der Waals surface area contributed by atoms with Crippen LogP contribution in [0.5, 0.6) is 0 Å². The Morgan fingerprint density at radius 3 is 2.57 bits per heavy atom.